The van der Waals surface area contributed by atoms with Gasteiger partial charge in [-0.25, -0.2) is 0 Å². The van der Waals surface area contributed by atoms with E-state index in [-0.39, 0.29) is 31.1 Å². The fraction of sp³-hybridized carbons (Fsp3) is 0.701. The molecule has 0 aromatic heterocycles. The van der Waals surface area contributed by atoms with E-state index in [1.165, 1.54) is 148 Å². The molecule has 0 heterocycles. The average Bonchev–Trinajstić information content (AvgIpc) is 3.49. The lowest BCUT2D eigenvalue weighted by molar-refractivity contribution is -0.167. The van der Waals surface area contributed by atoms with Crippen molar-refractivity contribution in [2.75, 3.05) is 13.2 Å². The molecule has 0 rings (SSSR count). The smallest absolute Gasteiger partial charge is 0.306 e. The highest BCUT2D eigenvalue weighted by Crippen LogP contribution is 2.16. The second kappa shape index (κ2) is 70.3. The van der Waals surface area contributed by atoms with E-state index in [1.54, 1.807) is 0 Å². The van der Waals surface area contributed by atoms with Gasteiger partial charge in [0.1, 0.15) is 13.2 Å². The molecular formula is C77H130O6. The van der Waals surface area contributed by atoms with Crippen LogP contribution in [0.15, 0.2) is 122 Å². The maximum Gasteiger partial charge on any atom is 0.306 e. The molecule has 0 fully saturated rings. The van der Waals surface area contributed by atoms with E-state index >= 15 is 0 Å². The predicted octanol–water partition coefficient (Wildman–Crippen LogP) is 24.3. The Balaban J connectivity index is 4.32. The van der Waals surface area contributed by atoms with Crippen molar-refractivity contribution in [2.45, 2.75) is 335 Å². The Morgan fingerprint density at radius 3 is 0.783 bits per heavy atom. The molecule has 1 atom stereocenters. The Kier molecular flexibility index (Phi) is 66.7. The number of hydrogen-bond acceptors (Lipinski definition) is 6. The Labute approximate surface area is 513 Å². The molecule has 0 aliphatic rings. The van der Waals surface area contributed by atoms with Crippen LogP contribution in [0.2, 0.25) is 0 Å². The van der Waals surface area contributed by atoms with Gasteiger partial charge in [-0.15, -0.1) is 0 Å². The van der Waals surface area contributed by atoms with Gasteiger partial charge in [0.25, 0.3) is 0 Å². The fourth-order valence-corrected chi connectivity index (χ4v) is 9.69. The molecule has 6 nitrogen and oxygen atoms in total. The van der Waals surface area contributed by atoms with Gasteiger partial charge < -0.3 is 14.2 Å². The van der Waals surface area contributed by atoms with Gasteiger partial charge in [0.2, 0.25) is 0 Å². The van der Waals surface area contributed by atoms with E-state index in [0.29, 0.717) is 19.3 Å². The molecule has 0 aliphatic carbocycles. The lowest BCUT2D eigenvalue weighted by atomic mass is 10.0. The minimum absolute atomic E-state index is 0.0870. The number of esters is 3. The van der Waals surface area contributed by atoms with E-state index in [4.69, 9.17) is 14.2 Å². The number of carbonyl (C=O) groups is 3. The van der Waals surface area contributed by atoms with Gasteiger partial charge in [0, 0.05) is 19.3 Å². The van der Waals surface area contributed by atoms with Gasteiger partial charge in [-0.2, -0.15) is 0 Å². The maximum atomic E-state index is 13.0. The predicted molar refractivity (Wildman–Crippen MR) is 362 cm³/mol. The third-order valence-corrected chi connectivity index (χ3v) is 14.9. The van der Waals surface area contributed by atoms with Crippen molar-refractivity contribution in [3.05, 3.63) is 122 Å². The van der Waals surface area contributed by atoms with E-state index < -0.39 is 6.10 Å². The van der Waals surface area contributed by atoms with E-state index in [0.717, 1.165) is 141 Å². The number of carbonyl (C=O) groups excluding carboxylic acids is 3. The van der Waals surface area contributed by atoms with E-state index in [2.05, 4.69) is 142 Å². The van der Waals surface area contributed by atoms with Crippen LogP contribution in [0.1, 0.15) is 329 Å². The molecule has 0 aromatic carbocycles. The first-order valence-electron chi connectivity index (χ1n) is 35.0. The first-order chi connectivity index (χ1) is 41.0. The molecule has 474 valence electrons. The van der Waals surface area contributed by atoms with Crippen molar-refractivity contribution in [2.24, 2.45) is 0 Å². The van der Waals surface area contributed by atoms with E-state index in [9.17, 15) is 14.4 Å². The Bertz CT molecular complexity index is 1700. The molecule has 0 amide bonds. The number of unbranched alkanes of at least 4 members (excludes halogenated alkanes) is 32. The highest BCUT2D eigenvalue weighted by atomic mass is 16.6. The summed E-state index contributed by atoms with van der Waals surface area (Å²) in [4.78, 5) is 38.4. The average molecular weight is 1150 g/mol. The molecule has 1 unspecified atom stereocenters. The number of hydrogen-bond donors (Lipinski definition) is 0. The van der Waals surface area contributed by atoms with Crippen LogP contribution in [-0.2, 0) is 28.6 Å². The first kappa shape index (κ1) is 78.8. The Morgan fingerprint density at radius 2 is 0.494 bits per heavy atom. The summed E-state index contributed by atoms with van der Waals surface area (Å²) >= 11 is 0. The first-order valence-corrected chi connectivity index (χ1v) is 35.0. The van der Waals surface area contributed by atoms with Gasteiger partial charge in [0.05, 0.1) is 0 Å². The van der Waals surface area contributed by atoms with Crippen LogP contribution in [0.4, 0.5) is 0 Å². The summed E-state index contributed by atoms with van der Waals surface area (Å²) in [7, 11) is 0. The monoisotopic (exact) mass is 1150 g/mol. The summed E-state index contributed by atoms with van der Waals surface area (Å²) in [6.45, 7) is 6.46. The maximum absolute atomic E-state index is 13.0. The van der Waals surface area contributed by atoms with Gasteiger partial charge in [0.15, 0.2) is 6.10 Å². The normalized spacial score (nSPS) is 12.9. The molecule has 0 aliphatic heterocycles. The third-order valence-electron chi connectivity index (χ3n) is 14.9. The minimum Gasteiger partial charge on any atom is -0.462 e. The summed E-state index contributed by atoms with van der Waals surface area (Å²) in [6, 6.07) is 0. The Morgan fingerprint density at radius 1 is 0.253 bits per heavy atom. The lowest BCUT2D eigenvalue weighted by Crippen LogP contribution is -2.30. The topological polar surface area (TPSA) is 78.9 Å². The molecule has 83 heavy (non-hydrogen) atoms. The molecule has 0 aromatic rings. The van der Waals surface area contributed by atoms with Crippen LogP contribution in [0.3, 0.4) is 0 Å². The standard InChI is InChI=1S/C77H130O6/c1-4-7-10-13-16-19-22-25-27-29-31-33-35-37-38-40-41-43-45-47-49-52-55-58-61-64-67-70-76(79)82-73-74(72-81-75(78)69-66-63-60-57-54-51-24-21-18-15-12-9-6-3)83-77(80)71-68-65-62-59-56-53-50-48-46-44-42-39-36-34-32-30-28-26-23-20-17-14-11-8-5-2/h8,11-12,15,17,20-22,24-26,28-29,31-32,34-35,37,39,42,74H,4-7,9-10,13-14,16,18-19,23,27,30,33,36,38,40-41,43-73H2,1-3H3/b11-8-,15-12-,20-17-,24-21-,25-22-,28-26-,31-29-,34-32-,37-35-,42-39-. The summed E-state index contributed by atoms with van der Waals surface area (Å²) < 4.78 is 17.0. The Hall–Kier alpha value is -4.19. The SMILES string of the molecule is CC/C=C\C/C=C\C/C=C\C/C=C\C/C=C\CCCCCCCCCCCC(=O)OC(COC(=O)CCCCCCC/C=C\C/C=C\CCC)COC(=O)CCCCCCCCCCCCCC/C=C\C/C=C\C/C=C\CCCCCCC. The summed E-state index contributed by atoms with van der Waals surface area (Å²) in [5.41, 5.74) is 0. The fourth-order valence-electron chi connectivity index (χ4n) is 9.69. The summed E-state index contributed by atoms with van der Waals surface area (Å²) in [5.74, 6) is -0.901. The molecule has 0 spiro atoms. The van der Waals surface area contributed by atoms with Crippen LogP contribution >= 0.6 is 0 Å². The minimum atomic E-state index is -0.793. The summed E-state index contributed by atoms with van der Waals surface area (Å²) in [6.07, 6.45) is 97.9. The largest absolute Gasteiger partial charge is 0.462 e. The van der Waals surface area contributed by atoms with Crippen molar-refractivity contribution in [1.29, 1.82) is 0 Å². The molecule has 0 saturated heterocycles. The van der Waals surface area contributed by atoms with Crippen molar-refractivity contribution in [1.82, 2.24) is 0 Å². The van der Waals surface area contributed by atoms with Crippen molar-refractivity contribution < 1.29 is 28.6 Å². The third kappa shape index (κ3) is 68.5. The zero-order valence-electron chi connectivity index (χ0n) is 54.4. The zero-order valence-corrected chi connectivity index (χ0v) is 54.4. The van der Waals surface area contributed by atoms with Gasteiger partial charge in [-0.05, 0) is 128 Å². The molecule has 0 N–H and O–H groups in total. The van der Waals surface area contributed by atoms with Gasteiger partial charge in [-0.3, -0.25) is 14.4 Å². The number of allylic oxidation sites excluding steroid dienone is 20. The quantitative estimate of drug-likeness (QED) is 0.0261. The van der Waals surface area contributed by atoms with Crippen LogP contribution < -0.4 is 0 Å². The molecule has 0 saturated carbocycles. The zero-order chi connectivity index (χ0) is 59.9. The van der Waals surface area contributed by atoms with Crippen LogP contribution in [-0.4, -0.2) is 37.2 Å². The van der Waals surface area contributed by atoms with E-state index in [1.807, 2.05) is 0 Å². The van der Waals surface area contributed by atoms with Crippen LogP contribution in [0.5, 0.6) is 0 Å². The lowest BCUT2D eigenvalue weighted by Gasteiger charge is -2.18. The van der Waals surface area contributed by atoms with Crippen molar-refractivity contribution >= 4 is 17.9 Å². The van der Waals surface area contributed by atoms with Gasteiger partial charge >= 0.3 is 17.9 Å². The second-order valence-electron chi connectivity index (χ2n) is 23.1. The molecule has 0 bridgehead atoms. The molecule has 0 radical (unpaired) electrons. The molecule has 6 heteroatoms. The van der Waals surface area contributed by atoms with Crippen LogP contribution in [0.25, 0.3) is 0 Å². The molecular weight excluding hydrogens is 1020 g/mol. The summed E-state index contributed by atoms with van der Waals surface area (Å²) in [5, 5.41) is 0. The van der Waals surface area contributed by atoms with Crippen LogP contribution in [0, 0.1) is 0 Å². The second-order valence-corrected chi connectivity index (χ2v) is 23.1. The van der Waals surface area contributed by atoms with Crippen molar-refractivity contribution in [3.63, 3.8) is 0 Å². The highest BCUT2D eigenvalue weighted by Gasteiger charge is 2.19. The highest BCUT2D eigenvalue weighted by molar-refractivity contribution is 5.71. The number of rotatable bonds is 63. The number of ether oxygens (including phenoxy) is 3. The van der Waals surface area contributed by atoms with Crippen molar-refractivity contribution in [3.8, 4) is 0 Å². The van der Waals surface area contributed by atoms with Gasteiger partial charge in [-0.1, -0.05) is 303 Å².